The maximum atomic E-state index is 9.81. The van der Waals surface area contributed by atoms with Crippen LogP contribution in [0.5, 0.6) is 0 Å². The first-order valence-electron chi connectivity index (χ1n) is 5.37. The summed E-state index contributed by atoms with van der Waals surface area (Å²) in [6.07, 6.45) is 3.92. The molecule has 0 saturated carbocycles. The first-order chi connectivity index (χ1) is 6.67. The smallest absolute Gasteiger partial charge is 0.0633 e. The lowest BCUT2D eigenvalue weighted by Crippen LogP contribution is -2.31. The molecule has 0 bridgehead atoms. The molecular formula is C12H22O2. The molecule has 0 aliphatic rings. The quantitative estimate of drug-likeness (QED) is 0.616. The molecular weight excluding hydrogens is 176 g/mol. The summed E-state index contributed by atoms with van der Waals surface area (Å²) in [6, 6.07) is 0. The zero-order valence-electron chi connectivity index (χ0n) is 9.24. The highest BCUT2D eigenvalue weighted by Crippen LogP contribution is 2.20. The molecule has 0 aromatic carbocycles. The van der Waals surface area contributed by atoms with E-state index in [1.807, 2.05) is 6.92 Å². The molecule has 2 N–H and O–H groups in total. The molecule has 0 saturated heterocycles. The van der Waals surface area contributed by atoms with Crippen molar-refractivity contribution in [3.63, 3.8) is 0 Å². The lowest BCUT2D eigenvalue weighted by Gasteiger charge is -2.25. The fourth-order valence-corrected chi connectivity index (χ4v) is 1.66. The highest BCUT2D eigenvalue weighted by Gasteiger charge is 2.23. The summed E-state index contributed by atoms with van der Waals surface area (Å²) in [6.45, 7) is 7.44. The van der Waals surface area contributed by atoms with Gasteiger partial charge in [-0.25, -0.2) is 0 Å². The Morgan fingerprint density at radius 1 is 1.29 bits per heavy atom. The third-order valence-corrected chi connectivity index (χ3v) is 2.53. The van der Waals surface area contributed by atoms with Crippen LogP contribution in [0.15, 0.2) is 18.4 Å². The molecule has 0 rings (SSSR count). The van der Waals surface area contributed by atoms with Crippen molar-refractivity contribution in [3.05, 3.63) is 18.4 Å². The molecule has 0 aliphatic heterocycles. The van der Waals surface area contributed by atoms with E-state index in [2.05, 4.69) is 19.2 Å². The third kappa shape index (κ3) is 4.61. The van der Waals surface area contributed by atoms with Crippen LogP contribution in [0.2, 0.25) is 0 Å². The number of hydrogen-bond acceptors (Lipinski definition) is 2. The van der Waals surface area contributed by atoms with Gasteiger partial charge < -0.3 is 10.2 Å². The van der Waals surface area contributed by atoms with Gasteiger partial charge in [0.05, 0.1) is 12.2 Å². The minimum absolute atomic E-state index is 0.0189. The van der Waals surface area contributed by atoms with Crippen molar-refractivity contribution in [2.24, 2.45) is 5.92 Å². The minimum atomic E-state index is -0.473. The van der Waals surface area contributed by atoms with Crippen molar-refractivity contribution in [2.45, 2.75) is 51.7 Å². The second-order valence-corrected chi connectivity index (χ2v) is 3.64. The fraction of sp³-hybridized carbons (Fsp3) is 0.750. The van der Waals surface area contributed by atoms with Crippen LogP contribution in [0.25, 0.3) is 0 Å². The molecule has 14 heavy (non-hydrogen) atoms. The van der Waals surface area contributed by atoms with E-state index < -0.39 is 12.2 Å². The van der Waals surface area contributed by atoms with Crippen LogP contribution in [0.4, 0.5) is 0 Å². The third-order valence-electron chi connectivity index (χ3n) is 2.53. The molecule has 0 aromatic heterocycles. The lowest BCUT2D eigenvalue weighted by atomic mass is 9.88. The van der Waals surface area contributed by atoms with Crippen LogP contribution in [0.3, 0.4) is 0 Å². The lowest BCUT2D eigenvalue weighted by molar-refractivity contribution is 0.00756. The van der Waals surface area contributed by atoms with Crippen molar-refractivity contribution in [3.8, 4) is 0 Å². The molecule has 3 unspecified atom stereocenters. The molecule has 0 amide bonds. The Balaban J connectivity index is 4.22. The topological polar surface area (TPSA) is 40.5 Å². The van der Waals surface area contributed by atoms with Gasteiger partial charge in [-0.05, 0) is 25.3 Å². The summed E-state index contributed by atoms with van der Waals surface area (Å²) in [5.41, 5.74) is 2.64. The van der Waals surface area contributed by atoms with E-state index in [0.29, 0.717) is 12.8 Å². The van der Waals surface area contributed by atoms with Gasteiger partial charge in [-0.15, -0.1) is 5.73 Å². The van der Waals surface area contributed by atoms with Crippen LogP contribution in [-0.2, 0) is 0 Å². The molecule has 0 spiro atoms. The maximum Gasteiger partial charge on any atom is 0.0633 e. The largest absolute Gasteiger partial charge is 0.393 e. The SMILES string of the molecule is C=C=CCC(O)C(CCC)C(O)CC. The summed E-state index contributed by atoms with van der Waals surface area (Å²) in [5, 5.41) is 19.5. The first kappa shape index (κ1) is 13.4. The van der Waals surface area contributed by atoms with Crippen LogP contribution >= 0.6 is 0 Å². The predicted molar refractivity (Wildman–Crippen MR) is 59.0 cm³/mol. The first-order valence-corrected chi connectivity index (χ1v) is 5.37. The fourth-order valence-electron chi connectivity index (χ4n) is 1.66. The number of aliphatic hydroxyl groups is 2. The van der Waals surface area contributed by atoms with Crippen LogP contribution in [-0.4, -0.2) is 22.4 Å². The van der Waals surface area contributed by atoms with Crippen molar-refractivity contribution < 1.29 is 10.2 Å². The van der Waals surface area contributed by atoms with Crippen LogP contribution in [0.1, 0.15) is 39.5 Å². The van der Waals surface area contributed by atoms with E-state index >= 15 is 0 Å². The molecule has 2 nitrogen and oxygen atoms in total. The maximum absolute atomic E-state index is 9.81. The average Bonchev–Trinajstić information content (AvgIpc) is 2.21. The Morgan fingerprint density at radius 2 is 1.93 bits per heavy atom. The van der Waals surface area contributed by atoms with Gasteiger partial charge in [-0.1, -0.05) is 26.8 Å². The van der Waals surface area contributed by atoms with E-state index in [9.17, 15) is 10.2 Å². The molecule has 3 atom stereocenters. The van der Waals surface area contributed by atoms with E-state index in [-0.39, 0.29) is 5.92 Å². The van der Waals surface area contributed by atoms with Gasteiger partial charge in [0.15, 0.2) is 0 Å². The van der Waals surface area contributed by atoms with E-state index in [1.165, 1.54) is 0 Å². The number of rotatable bonds is 7. The molecule has 2 heteroatoms. The summed E-state index contributed by atoms with van der Waals surface area (Å²) in [4.78, 5) is 0. The van der Waals surface area contributed by atoms with Crippen molar-refractivity contribution in [1.82, 2.24) is 0 Å². The highest BCUT2D eigenvalue weighted by atomic mass is 16.3. The average molecular weight is 198 g/mol. The minimum Gasteiger partial charge on any atom is -0.393 e. The molecule has 0 aromatic rings. The molecule has 0 heterocycles. The van der Waals surface area contributed by atoms with Gasteiger partial charge in [0.1, 0.15) is 0 Å². The monoisotopic (exact) mass is 198 g/mol. The standard InChI is InChI=1S/C12H22O2/c1-4-7-9-12(14)10(8-5-2)11(13)6-3/h7,10-14H,1,5-6,8-9H2,2-3H3. The summed E-state index contributed by atoms with van der Waals surface area (Å²) in [5.74, 6) is -0.0189. The Bertz CT molecular complexity index is 183. The number of aliphatic hydroxyl groups excluding tert-OH is 2. The Labute approximate surface area is 87.0 Å². The van der Waals surface area contributed by atoms with Gasteiger partial charge in [0, 0.05) is 5.92 Å². The van der Waals surface area contributed by atoms with Crippen molar-refractivity contribution in [1.29, 1.82) is 0 Å². The van der Waals surface area contributed by atoms with E-state index in [0.717, 1.165) is 12.8 Å². The van der Waals surface area contributed by atoms with E-state index in [4.69, 9.17) is 0 Å². The predicted octanol–water partition coefficient (Wildman–Crippen LogP) is 2.27. The second kappa shape index (κ2) is 7.81. The summed E-state index contributed by atoms with van der Waals surface area (Å²) < 4.78 is 0. The Morgan fingerprint density at radius 3 is 2.36 bits per heavy atom. The zero-order chi connectivity index (χ0) is 11.0. The summed E-state index contributed by atoms with van der Waals surface area (Å²) >= 11 is 0. The zero-order valence-corrected chi connectivity index (χ0v) is 9.24. The van der Waals surface area contributed by atoms with Gasteiger partial charge in [-0.2, -0.15) is 0 Å². The van der Waals surface area contributed by atoms with Gasteiger partial charge in [-0.3, -0.25) is 0 Å². The van der Waals surface area contributed by atoms with Crippen molar-refractivity contribution >= 4 is 0 Å². The Kier molecular flexibility index (Phi) is 7.50. The van der Waals surface area contributed by atoms with Crippen molar-refractivity contribution in [2.75, 3.05) is 0 Å². The molecule has 82 valence electrons. The van der Waals surface area contributed by atoms with Gasteiger partial charge in [0.25, 0.3) is 0 Å². The normalized spacial score (nSPS) is 16.9. The van der Waals surface area contributed by atoms with Gasteiger partial charge in [0.2, 0.25) is 0 Å². The van der Waals surface area contributed by atoms with E-state index in [1.54, 1.807) is 6.08 Å². The molecule has 0 fully saturated rings. The number of hydrogen-bond donors (Lipinski definition) is 2. The molecule has 0 radical (unpaired) electrons. The highest BCUT2D eigenvalue weighted by molar-refractivity contribution is 4.84. The Hall–Kier alpha value is -0.560. The van der Waals surface area contributed by atoms with Crippen LogP contribution < -0.4 is 0 Å². The molecule has 0 aliphatic carbocycles. The van der Waals surface area contributed by atoms with Gasteiger partial charge >= 0.3 is 0 Å². The second-order valence-electron chi connectivity index (χ2n) is 3.64. The van der Waals surface area contributed by atoms with Crippen LogP contribution in [0, 0.1) is 5.92 Å². The summed E-state index contributed by atoms with van der Waals surface area (Å²) in [7, 11) is 0.